The molecule has 3 rings (SSSR count). The smallest absolute Gasteiger partial charge is 0.328 e. The number of imide groups is 1. The van der Waals surface area contributed by atoms with Gasteiger partial charge in [0.15, 0.2) is 21.2 Å². The van der Waals surface area contributed by atoms with Crippen LogP contribution in [-0.2, 0) is 30.7 Å². The van der Waals surface area contributed by atoms with Gasteiger partial charge in [-0.25, -0.2) is 13.2 Å². The van der Waals surface area contributed by atoms with E-state index in [0.29, 0.717) is 18.4 Å². The van der Waals surface area contributed by atoms with Crippen LogP contribution in [0.5, 0.6) is 0 Å². The van der Waals surface area contributed by atoms with Gasteiger partial charge in [-0.15, -0.1) is 11.3 Å². The Morgan fingerprint density at radius 3 is 2.50 bits per heavy atom. The molecule has 0 spiro atoms. The van der Waals surface area contributed by atoms with Crippen LogP contribution in [0.15, 0.2) is 40.6 Å². The second-order valence-corrected chi connectivity index (χ2v) is 11.1. The van der Waals surface area contributed by atoms with Crippen LogP contribution in [-0.4, -0.2) is 37.7 Å². The van der Waals surface area contributed by atoms with Gasteiger partial charge in [-0.3, -0.25) is 14.9 Å². The number of amides is 3. The Bertz CT molecular complexity index is 1100. The molecular weight excluding hydrogens is 452 g/mol. The molecule has 0 bridgehead atoms. The summed E-state index contributed by atoms with van der Waals surface area (Å²) in [4.78, 5) is 37.9. The second kappa shape index (κ2) is 9.83. The van der Waals surface area contributed by atoms with Gasteiger partial charge in [0.2, 0.25) is 0 Å². The van der Waals surface area contributed by atoms with Crippen LogP contribution in [0.2, 0.25) is 0 Å². The Kier molecular flexibility index (Phi) is 7.35. The molecule has 1 saturated carbocycles. The number of aryl methyl sites for hydroxylation is 2. The highest BCUT2D eigenvalue weighted by atomic mass is 32.2. The number of ether oxygens (including phenoxy) is 1. The Balaban J connectivity index is 1.65. The number of sulfone groups is 1. The van der Waals surface area contributed by atoms with Gasteiger partial charge in [0.05, 0.1) is 11.4 Å². The summed E-state index contributed by atoms with van der Waals surface area (Å²) < 4.78 is 30.4. The lowest BCUT2D eigenvalue weighted by Gasteiger charge is -2.27. The number of carbonyl (C=O) groups excluding carboxylic acids is 3. The summed E-state index contributed by atoms with van der Waals surface area (Å²) >= 11 is 1.46. The number of nitrogens with one attached hydrogen (secondary N) is 2. The predicted molar refractivity (Wildman–Crippen MR) is 120 cm³/mol. The van der Waals surface area contributed by atoms with Crippen LogP contribution in [0.1, 0.15) is 41.7 Å². The van der Waals surface area contributed by atoms with Crippen molar-refractivity contribution in [2.45, 2.75) is 55.7 Å². The van der Waals surface area contributed by atoms with E-state index >= 15 is 0 Å². The maximum atomic E-state index is 13.5. The van der Waals surface area contributed by atoms with Gasteiger partial charge in [-0.2, -0.15) is 0 Å². The van der Waals surface area contributed by atoms with Crippen molar-refractivity contribution in [3.05, 3.63) is 51.7 Å². The molecular formula is C22H26N2O6S2. The monoisotopic (exact) mass is 478 g/mol. The van der Waals surface area contributed by atoms with E-state index in [1.807, 2.05) is 23.6 Å². The summed E-state index contributed by atoms with van der Waals surface area (Å²) in [6.07, 6.45) is 1.39. The SMILES string of the molecule is Cc1ccc(C)c(S(=O)(=O)C2(C(=O)OCC(=O)NC(=O)NCc3cccs3)CCCC2)c1. The summed E-state index contributed by atoms with van der Waals surface area (Å²) in [6.45, 7) is 2.98. The van der Waals surface area contributed by atoms with Crippen molar-refractivity contribution in [2.75, 3.05) is 6.61 Å². The molecule has 8 nitrogen and oxygen atoms in total. The largest absolute Gasteiger partial charge is 0.454 e. The van der Waals surface area contributed by atoms with Gasteiger partial charge in [-0.05, 0) is 55.3 Å². The minimum atomic E-state index is -4.04. The zero-order valence-corrected chi connectivity index (χ0v) is 19.6. The molecule has 0 unspecified atom stereocenters. The maximum absolute atomic E-state index is 13.5. The first kappa shape index (κ1) is 23.9. The number of thiophene rings is 1. The molecule has 1 aliphatic carbocycles. The second-order valence-electron chi connectivity index (χ2n) is 7.86. The molecule has 0 atom stereocenters. The van der Waals surface area contributed by atoms with Gasteiger partial charge in [0.1, 0.15) is 0 Å². The third-order valence-corrected chi connectivity index (χ3v) is 9.02. The quantitative estimate of drug-likeness (QED) is 0.591. The minimum Gasteiger partial charge on any atom is -0.454 e. The Labute approximate surface area is 191 Å². The van der Waals surface area contributed by atoms with Crippen LogP contribution >= 0.6 is 11.3 Å². The highest BCUT2D eigenvalue weighted by Gasteiger charge is 2.54. The average Bonchev–Trinajstić information content (AvgIpc) is 3.45. The van der Waals surface area contributed by atoms with Crippen molar-refractivity contribution in [2.24, 2.45) is 0 Å². The van der Waals surface area contributed by atoms with Crippen molar-refractivity contribution in [3.8, 4) is 0 Å². The van der Waals surface area contributed by atoms with E-state index in [0.717, 1.165) is 10.4 Å². The molecule has 0 radical (unpaired) electrons. The number of hydrogen-bond donors (Lipinski definition) is 2. The fraction of sp³-hybridized carbons (Fsp3) is 0.409. The molecule has 0 saturated heterocycles. The number of benzene rings is 1. The van der Waals surface area contributed by atoms with Crippen molar-refractivity contribution in [1.29, 1.82) is 0 Å². The third kappa shape index (κ3) is 5.02. The first-order valence-electron chi connectivity index (χ1n) is 10.2. The molecule has 1 heterocycles. The zero-order chi connectivity index (χ0) is 23.4. The first-order valence-corrected chi connectivity index (χ1v) is 12.6. The molecule has 1 aromatic carbocycles. The molecule has 1 aromatic heterocycles. The molecule has 32 heavy (non-hydrogen) atoms. The molecule has 172 valence electrons. The topological polar surface area (TPSA) is 119 Å². The maximum Gasteiger partial charge on any atom is 0.328 e. The summed E-state index contributed by atoms with van der Waals surface area (Å²) in [5.41, 5.74) is 1.32. The number of rotatable bonds is 7. The van der Waals surface area contributed by atoms with E-state index in [9.17, 15) is 22.8 Å². The third-order valence-electron chi connectivity index (χ3n) is 5.52. The van der Waals surface area contributed by atoms with Gasteiger partial charge >= 0.3 is 12.0 Å². The number of hydrogen-bond acceptors (Lipinski definition) is 7. The predicted octanol–water partition coefficient (Wildman–Crippen LogP) is 3.02. The summed E-state index contributed by atoms with van der Waals surface area (Å²) in [5.74, 6) is -1.79. The van der Waals surface area contributed by atoms with E-state index < -0.39 is 39.1 Å². The average molecular weight is 479 g/mol. The van der Waals surface area contributed by atoms with Gasteiger partial charge in [0.25, 0.3) is 5.91 Å². The molecule has 2 aromatic rings. The van der Waals surface area contributed by atoms with Gasteiger partial charge in [0, 0.05) is 4.88 Å². The summed E-state index contributed by atoms with van der Waals surface area (Å²) in [5, 5.41) is 6.47. The lowest BCUT2D eigenvalue weighted by atomic mass is 10.1. The highest BCUT2D eigenvalue weighted by Crippen LogP contribution is 2.42. The van der Waals surface area contributed by atoms with Crippen molar-refractivity contribution in [3.63, 3.8) is 0 Å². The van der Waals surface area contributed by atoms with Crippen molar-refractivity contribution < 1.29 is 27.5 Å². The summed E-state index contributed by atoms with van der Waals surface area (Å²) in [7, 11) is -4.04. The lowest BCUT2D eigenvalue weighted by Crippen LogP contribution is -2.47. The van der Waals surface area contributed by atoms with Crippen LogP contribution in [0.3, 0.4) is 0 Å². The highest BCUT2D eigenvalue weighted by molar-refractivity contribution is 7.93. The summed E-state index contributed by atoms with van der Waals surface area (Å²) in [6, 6.07) is 8.03. The fourth-order valence-electron chi connectivity index (χ4n) is 3.79. The molecule has 1 fully saturated rings. The lowest BCUT2D eigenvalue weighted by molar-refractivity contribution is -0.150. The standard InChI is InChI=1S/C22H26N2O6S2/c1-15-7-8-16(2)18(12-15)32(28,29)22(9-3-4-10-22)20(26)30-14-19(25)24-21(27)23-13-17-6-5-11-31-17/h5-8,11-12H,3-4,9-10,13-14H2,1-2H3,(H2,23,24,25,27). The van der Waals surface area contributed by atoms with E-state index in [1.54, 1.807) is 26.0 Å². The van der Waals surface area contributed by atoms with E-state index in [1.165, 1.54) is 11.3 Å². The van der Waals surface area contributed by atoms with E-state index in [-0.39, 0.29) is 24.3 Å². The van der Waals surface area contributed by atoms with Crippen molar-refractivity contribution in [1.82, 2.24) is 10.6 Å². The van der Waals surface area contributed by atoms with Crippen LogP contribution in [0.4, 0.5) is 4.79 Å². The first-order chi connectivity index (χ1) is 15.2. The van der Waals surface area contributed by atoms with Crippen LogP contribution in [0, 0.1) is 13.8 Å². The molecule has 3 amide bonds. The molecule has 10 heteroatoms. The molecule has 1 aliphatic rings. The van der Waals surface area contributed by atoms with Crippen LogP contribution < -0.4 is 10.6 Å². The Morgan fingerprint density at radius 1 is 1.12 bits per heavy atom. The normalized spacial score (nSPS) is 15.2. The van der Waals surface area contributed by atoms with Gasteiger partial charge in [-0.1, -0.05) is 31.0 Å². The number of esters is 1. The van der Waals surface area contributed by atoms with E-state index in [2.05, 4.69) is 10.6 Å². The van der Waals surface area contributed by atoms with E-state index in [4.69, 9.17) is 4.74 Å². The molecule has 0 aliphatic heterocycles. The minimum absolute atomic E-state index is 0.105. The van der Waals surface area contributed by atoms with Crippen LogP contribution in [0.25, 0.3) is 0 Å². The Hall–Kier alpha value is -2.72. The zero-order valence-electron chi connectivity index (χ0n) is 18.0. The Morgan fingerprint density at radius 2 is 1.84 bits per heavy atom. The number of urea groups is 1. The molecule has 2 N–H and O–H groups in total. The number of carbonyl (C=O) groups is 3. The van der Waals surface area contributed by atoms with Crippen molar-refractivity contribution >= 4 is 39.1 Å². The fourth-order valence-corrected chi connectivity index (χ4v) is 6.79. The van der Waals surface area contributed by atoms with Gasteiger partial charge < -0.3 is 10.1 Å².